The van der Waals surface area contributed by atoms with Gasteiger partial charge in [0.15, 0.2) is 0 Å². The van der Waals surface area contributed by atoms with Crippen LogP contribution in [-0.2, 0) is 0 Å². The molecule has 2 unspecified atom stereocenters. The predicted octanol–water partition coefficient (Wildman–Crippen LogP) is 5.06. The molecule has 0 spiro atoms. The van der Waals surface area contributed by atoms with Crippen molar-refractivity contribution in [3.05, 3.63) is 71.5 Å². The average molecular weight is 285 g/mol. The predicted molar refractivity (Wildman–Crippen MR) is 86.9 cm³/mol. The van der Waals surface area contributed by atoms with Gasteiger partial charge in [-0.1, -0.05) is 56.3 Å². The molecule has 0 bridgehead atoms. The van der Waals surface area contributed by atoms with Crippen LogP contribution in [0.2, 0.25) is 0 Å². The van der Waals surface area contributed by atoms with Crippen LogP contribution in [0.3, 0.4) is 0 Å². The third-order valence-corrected chi connectivity index (χ3v) is 3.91. The van der Waals surface area contributed by atoms with Gasteiger partial charge in [0, 0.05) is 12.0 Å². The topological polar surface area (TPSA) is 12.0 Å². The highest BCUT2D eigenvalue weighted by atomic mass is 19.1. The molecule has 2 aromatic rings. The Balaban J connectivity index is 2.31. The lowest BCUT2D eigenvalue weighted by Gasteiger charge is -2.28. The standard InChI is InChI=1S/C19H24FN/c1-3-14-21-19(16-10-12-17(20)13-11-16)18(4-2)15-8-6-5-7-9-15/h5-13,18-19,21H,3-4,14H2,1-2H3. The molecule has 112 valence electrons. The van der Waals surface area contributed by atoms with Crippen molar-refractivity contribution in [2.75, 3.05) is 6.54 Å². The van der Waals surface area contributed by atoms with Gasteiger partial charge in [-0.05, 0) is 42.6 Å². The van der Waals surface area contributed by atoms with Gasteiger partial charge in [0.2, 0.25) is 0 Å². The summed E-state index contributed by atoms with van der Waals surface area (Å²) in [7, 11) is 0. The number of halogens is 1. The lowest BCUT2D eigenvalue weighted by Crippen LogP contribution is -2.27. The van der Waals surface area contributed by atoms with Gasteiger partial charge in [0.05, 0.1) is 0 Å². The number of hydrogen-bond donors (Lipinski definition) is 1. The number of hydrogen-bond acceptors (Lipinski definition) is 1. The summed E-state index contributed by atoms with van der Waals surface area (Å²) in [4.78, 5) is 0. The molecule has 2 atom stereocenters. The smallest absolute Gasteiger partial charge is 0.123 e. The Labute approximate surface area is 127 Å². The Kier molecular flexibility index (Phi) is 5.94. The molecule has 0 saturated carbocycles. The average Bonchev–Trinajstić information content (AvgIpc) is 2.53. The van der Waals surface area contributed by atoms with Crippen molar-refractivity contribution < 1.29 is 4.39 Å². The second-order valence-corrected chi connectivity index (χ2v) is 5.41. The zero-order valence-corrected chi connectivity index (χ0v) is 12.9. The third kappa shape index (κ3) is 4.15. The van der Waals surface area contributed by atoms with E-state index in [-0.39, 0.29) is 11.9 Å². The van der Waals surface area contributed by atoms with E-state index >= 15 is 0 Å². The Hall–Kier alpha value is -1.67. The molecule has 1 N–H and O–H groups in total. The summed E-state index contributed by atoms with van der Waals surface area (Å²) in [5.41, 5.74) is 2.48. The van der Waals surface area contributed by atoms with Crippen LogP contribution >= 0.6 is 0 Å². The highest BCUT2D eigenvalue weighted by Gasteiger charge is 2.22. The van der Waals surface area contributed by atoms with Crippen molar-refractivity contribution in [2.24, 2.45) is 0 Å². The van der Waals surface area contributed by atoms with E-state index in [1.807, 2.05) is 18.2 Å². The largest absolute Gasteiger partial charge is 0.309 e. The van der Waals surface area contributed by atoms with Gasteiger partial charge in [-0.3, -0.25) is 0 Å². The highest BCUT2D eigenvalue weighted by Crippen LogP contribution is 2.33. The van der Waals surface area contributed by atoms with Crippen LogP contribution in [0.25, 0.3) is 0 Å². The summed E-state index contributed by atoms with van der Waals surface area (Å²) < 4.78 is 13.2. The van der Waals surface area contributed by atoms with Crippen molar-refractivity contribution in [2.45, 2.75) is 38.6 Å². The van der Waals surface area contributed by atoms with Crippen LogP contribution in [0, 0.1) is 5.82 Å². The molecule has 1 nitrogen and oxygen atoms in total. The molecule has 21 heavy (non-hydrogen) atoms. The highest BCUT2D eigenvalue weighted by molar-refractivity contribution is 5.28. The van der Waals surface area contributed by atoms with Gasteiger partial charge >= 0.3 is 0 Å². The van der Waals surface area contributed by atoms with Crippen LogP contribution in [0.5, 0.6) is 0 Å². The van der Waals surface area contributed by atoms with E-state index in [0.717, 1.165) is 24.9 Å². The van der Waals surface area contributed by atoms with Crippen LogP contribution in [0.1, 0.15) is 49.8 Å². The van der Waals surface area contributed by atoms with Crippen LogP contribution < -0.4 is 5.32 Å². The maximum atomic E-state index is 13.2. The maximum absolute atomic E-state index is 13.2. The lowest BCUT2D eigenvalue weighted by molar-refractivity contribution is 0.435. The molecule has 0 aromatic heterocycles. The maximum Gasteiger partial charge on any atom is 0.123 e. The van der Waals surface area contributed by atoms with Crippen molar-refractivity contribution in [1.82, 2.24) is 5.32 Å². The van der Waals surface area contributed by atoms with Crippen molar-refractivity contribution in [3.8, 4) is 0 Å². The lowest BCUT2D eigenvalue weighted by atomic mass is 9.85. The zero-order chi connectivity index (χ0) is 15.1. The van der Waals surface area contributed by atoms with E-state index in [1.165, 1.54) is 5.56 Å². The van der Waals surface area contributed by atoms with Crippen LogP contribution in [-0.4, -0.2) is 6.54 Å². The molecular weight excluding hydrogens is 261 g/mol. The molecule has 0 fully saturated rings. The molecule has 0 heterocycles. The van der Waals surface area contributed by atoms with Crippen LogP contribution in [0.4, 0.5) is 4.39 Å². The second-order valence-electron chi connectivity index (χ2n) is 5.41. The fraction of sp³-hybridized carbons (Fsp3) is 0.368. The number of rotatable bonds is 7. The fourth-order valence-electron chi connectivity index (χ4n) is 2.83. The molecule has 0 saturated heterocycles. The van der Waals surface area contributed by atoms with Gasteiger partial charge in [-0.25, -0.2) is 4.39 Å². The van der Waals surface area contributed by atoms with E-state index in [0.29, 0.717) is 5.92 Å². The fourth-order valence-corrected chi connectivity index (χ4v) is 2.83. The molecule has 2 aromatic carbocycles. The van der Waals surface area contributed by atoms with Gasteiger partial charge in [0.25, 0.3) is 0 Å². The van der Waals surface area contributed by atoms with E-state index in [9.17, 15) is 4.39 Å². The SMILES string of the molecule is CCCNC(c1ccc(F)cc1)C(CC)c1ccccc1. The molecular formula is C19H24FN. The first-order valence-electron chi connectivity index (χ1n) is 7.80. The summed E-state index contributed by atoms with van der Waals surface area (Å²) in [6.07, 6.45) is 2.13. The summed E-state index contributed by atoms with van der Waals surface area (Å²) in [6, 6.07) is 17.7. The summed E-state index contributed by atoms with van der Waals surface area (Å²) in [5.74, 6) is 0.212. The molecule has 0 aliphatic carbocycles. The Bertz CT molecular complexity index is 521. The first-order chi connectivity index (χ1) is 10.3. The normalized spacial score (nSPS) is 13.9. The number of benzene rings is 2. The first kappa shape index (κ1) is 15.7. The van der Waals surface area contributed by atoms with Crippen molar-refractivity contribution in [1.29, 1.82) is 0 Å². The third-order valence-electron chi connectivity index (χ3n) is 3.91. The zero-order valence-electron chi connectivity index (χ0n) is 12.9. The molecule has 0 aliphatic rings. The summed E-state index contributed by atoms with van der Waals surface area (Å²) in [6.45, 7) is 5.34. The van der Waals surface area contributed by atoms with Gasteiger partial charge in [-0.2, -0.15) is 0 Å². The quantitative estimate of drug-likeness (QED) is 0.749. The van der Waals surface area contributed by atoms with E-state index < -0.39 is 0 Å². The van der Waals surface area contributed by atoms with Crippen molar-refractivity contribution >= 4 is 0 Å². The Morgan fingerprint density at radius 2 is 1.57 bits per heavy atom. The minimum absolute atomic E-state index is 0.180. The van der Waals surface area contributed by atoms with Crippen LogP contribution in [0.15, 0.2) is 54.6 Å². The second kappa shape index (κ2) is 7.94. The summed E-state index contributed by atoms with van der Waals surface area (Å²) in [5, 5.41) is 3.63. The van der Waals surface area contributed by atoms with Gasteiger partial charge < -0.3 is 5.32 Å². The molecule has 0 radical (unpaired) electrons. The molecule has 2 heteroatoms. The van der Waals surface area contributed by atoms with Crippen molar-refractivity contribution in [3.63, 3.8) is 0 Å². The van der Waals surface area contributed by atoms with E-state index in [4.69, 9.17) is 0 Å². The molecule has 0 aliphatic heterocycles. The van der Waals surface area contributed by atoms with E-state index in [2.05, 4.69) is 43.4 Å². The van der Waals surface area contributed by atoms with Gasteiger partial charge in [-0.15, -0.1) is 0 Å². The minimum atomic E-state index is -0.180. The minimum Gasteiger partial charge on any atom is -0.309 e. The Morgan fingerprint density at radius 3 is 2.14 bits per heavy atom. The van der Waals surface area contributed by atoms with Gasteiger partial charge in [0.1, 0.15) is 5.82 Å². The first-order valence-corrected chi connectivity index (χ1v) is 7.80. The monoisotopic (exact) mass is 285 g/mol. The van der Waals surface area contributed by atoms with E-state index in [1.54, 1.807) is 12.1 Å². The number of nitrogens with one attached hydrogen (secondary N) is 1. The molecule has 2 rings (SSSR count). The Morgan fingerprint density at radius 1 is 0.905 bits per heavy atom. The molecule has 0 amide bonds. The summed E-state index contributed by atoms with van der Waals surface area (Å²) >= 11 is 0.